The van der Waals surface area contributed by atoms with E-state index < -0.39 is 11.2 Å². The second-order valence-corrected chi connectivity index (χ2v) is 9.45. The lowest BCUT2D eigenvalue weighted by Crippen LogP contribution is -2.50. The molecular formula is C21H35N5O2S. The van der Waals surface area contributed by atoms with Crippen molar-refractivity contribution in [3.63, 3.8) is 0 Å². The zero-order valence-electron chi connectivity index (χ0n) is 17.9. The second kappa shape index (κ2) is 9.32. The van der Waals surface area contributed by atoms with Crippen LogP contribution >= 0.6 is 12.2 Å². The Balaban J connectivity index is 1.90. The van der Waals surface area contributed by atoms with Crippen LogP contribution in [0.5, 0.6) is 0 Å². The van der Waals surface area contributed by atoms with E-state index in [1.54, 1.807) is 0 Å². The molecule has 29 heavy (non-hydrogen) atoms. The molecule has 7 nitrogen and oxygen atoms in total. The number of unbranched alkanes of at least 4 members (excludes halogenated alkanes) is 1. The van der Waals surface area contributed by atoms with Crippen molar-refractivity contribution in [1.82, 2.24) is 14.9 Å². The molecule has 2 saturated carbocycles. The van der Waals surface area contributed by atoms with Crippen LogP contribution in [0, 0.1) is 17.8 Å². The number of thiocarbonyl (C=S) groups is 1. The Morgan fingerprint density at radius 3 is 2.69 bits per heavy atom. The number of nitrogens with two attached hydrogens (primary N) is 1. The van der Waals surface area contributed by atoms with E-state index in [2.05, 4.69) is 31.1 Å². The quantitative estimate of drug-likeness (QED) is 0.559. The number of rotatable bonds is 8. The molecule has 4 N–H and O–H groups in total. The number of nitrogen functional groups attached to an aromatic ring is 1. The van der Waals surface area contributed by atoms with Crippen molar-refractivity contribution >= 4 is 28.8 Å². The number of fused-ring (bicyclic) bond motifs is 2. The highest BCUT2D eigenvalue weighted by atomic mass is 32.1. The monoisotopic (exact) mass is 421 g/mol. The molecule has 1 aromatic rings. The molecule has 0 aliphatic heterocycles. The first-order chi connectivity index (χ1) is 13.8. The summed E-state index contributed by atoms with van der Waals surface area (Å²) >= 11 is 5.76. The number of anilines is 2. The lowest BCUT2D eigenvalue weighted by Gasteiger charge is -2.31. The van der Waals surface area contributed by atoms with Gasteiger partial charge >= 0.3 is 5.69 Å². The van der Waals surface area contributed by atoms with E-state index in [-0.39, 0.29) is 5.82 Å². The molecule has 2 aliphatic carbocycles. The van der Waals surface area contributed by atoms with Gasteiger partial charge in [-0.2, -0.15) is 0 Å². The first-order valence-electron chi connectivity index (χ1n) is 11.0. The Morgan fingerprint density at radius 2 is 2.10 bits per heavy atom. The average Bonchev–Trinajstić information content (AvgIpc) is 3.26. The molecule has 2 bridgehead atoms. The molecule has 2 aliphatic rings. The highest BCUT2D eigenvalue weighted by molar-refractivity contribution is 7.80. The fourth-order valence-corrected chi connectivity index (χ4v) is 5.07. The Hall–Kier alpha value is -1.83. The molecule has 3 atom stereocenters. The molecule has 0 saturated heterocycles. The molecule has 0 unspecified atom stereocenters. The number of aromatic nitrogens is 2. The number of hydrogen-bond acceptors (Lipinski definition) is 4. The summed E-state index contributed by atoms with van der Waals surface area (Å²) in [7, 11) is 0. The summed E-state index contributed by atoms with van der Waals surface area (Å²) < 4.78 is 1.46. The summed E-state index contributed by atoms with van der Waals surface area (Å²) in [5.41, 5.74) is 5.72. The van der Waals surface area contributed by atoms with Crippen LogP contribution in [0.25, 0.3) is 0 Å². The number of aromatic amines is 1. The Bertz CT molecular complexity index is 846. The third-order valence-electron chi connectivity index (χ3n) is 6.44. The van der Waals surface area contributed by atoms with E-state index in [4.69, 9.17) is 18.0 Å². The van der Waals surface area contributed by atoms with Crippen molar-refractivity contribution in [2.45, 2.75) is 78.3 Å². The first kappa shape index (κ1) is 21.9. The largest absolute Gasteiger partial charge is 0.383 e. The maximum absolute atomic E-state index is 12.8. The van der Waals surface area contributed by atoms with E-state index in [0.717, 1.165) is 31.6 Å². The molecule has 0 amide bonds. The predicted molar refractivity (Wildman–Crippen MR) is 122 cm³/mol. The van der Waals surface area contributed by atoms with Crippen LogP contribution in [0.15, 0.2) is 9.59 Å². The predicted octanol–water partition coefficient (Wildman–Crippen LogP) is 2.83. The summed E-state index contributed by atoms with van der Waals surface area (Å²) in [5, 5.41) is 4.07. The molecule has 1 aromatic heterocycles. The van der Waals surface area contributed by atoms with Gasteiger partial charge in [-0.1, -0.05) is 33.6 Å². The molecule has 1 heterocycles. The SMILES string of the molecule is CCCCn1c(N)c(N(CCC(C)C)C(=S)N[C@H]2C[C@H]3CC[C@H]2C3)c(=O)[nH]c1=O. The van der Waals surface area contributed by atoms with Crippen LogP contribution in [0.2, 0.25) is 0 Å². The molecule has 0 spiro atoms. The van der Waals surface area contributed by atoms with Crippen LogP contribution < -0.4 is 27.2 Å². The minimum Gasteiger partial charge on any atom is -0.383 e. The molecule has 2 fully saturated rings. The molecule has 0 aromatic carbocycles. The van der Waals surface area contributed by atoms with Gasteiger partial charge < -0.3 is 16.0 Å². The zero-order valence-corrected chi connectivity index (χ0v) is 18.7. The maximum atomic E-state index is 12.8. The minimum absolute atomic E-state index is 0.202. The van der Waals surface area contributed by atoms with Gasteiger partial charge in [-0.3, -0.25) is 14.3 Å². The summed E-state index contributed by atoms with van der Waals surface area (Å²) in [6, 6.07) is 0.370. The van der Waals surface area contributed by atoms with Crippen LogP contribution in [-0.2, 0) is 6.54 Å². The third-order valence-corrected chi connectivity index (χ3v) is 6.78. The average molecular weight is 422 g/mol. The van der Waals surface area contributed by atoms with E-state index in [1.807, 2.05) is 4.90 Å². The lowest BCUT2D eigenvalue weighted by molar-refractivity contribution is 0.390. The first-order valence-corrected chi connectivity index (χ1v) is 11.4. The maximum Gasteiger partial charge on any atom is 0.330 e. The standard InChI is InChI=1S/C21H35N5O2S/c1-4-5-9-26-18(22)17(19(27)24-20(26)28)25(10-8-13(2)3)21(29)23-16-12-14-6-7-15(16)11-14/h13-16H,4-12,22H2,1-3H3,(H,23,29)(H,24,27,28)/t14-,15-,16-/m0/s1. The van der Waals surface area contributed by atoms with Gasteiger partial charge in [0.25, 0.3) is 5.56 Å². The highest BCUT2D eigenvalue weighted by Gasteiger charge is 2.40. The Kier molecular flexibility index (Phi) is 7.03. The van der Waals surface area contributed by atoms with Gasteiger partial charge in [-0.25, -0.2) is 4.79 Å². The summed E-state index contributed by atoms with van der Waals surface area (Å²) in [5.74, 6) is 2.12. The third kappa shape index (κ3) is 4.85. The minimum atomic E-state index is -0.471. The van der Waals surface area contributed by atoms with Gasteiger partial charge in [-0.05, 0) is 62.1 Å². The van der Waals surface area contributed by atoms with Gasteiger partial charge in [-0.15, -0.1) is 0 Å². The normalized spacial score (nSPS) is 23.0. The lowest BCUT2D eigenvalue weighted by atomic mass is 9.95. The van der Waals surface area contributed by atoms with E-state index >= 15 is 0 Å². The van der Waals surface area contributed by atoms with Crippen molar-refractivity contribution in [2.24, 2.45) is 17.8 Å². The smallest absolute Gasteiger partial charge is 0.330 e. The van der Waals surface area contributed by atoms with Gasteiger partial charge in [0.2, 0.25) is 0 Å². The zero-order chi connectivity index (χ0) is 21.1. The Labute approximate surface area is 178 Å². The van der Waals surface area contributed by atoms with Crippen molar-refractivity contribution in [2.75, 3.05) is 17.2 Å². The number of nitrogens with zero attached hydrogens (tertiary/aromatic N) is 2. The molecule has 162 valence electrons. The second-order valence-electron chi connectivity index (χ2n) is 9.06. The van der Waals surface area contributed by atoms with Crippen molar-refractivity contribution in [3.05, 3.63) is 20.8 Å². The highest BCUT2D eigenvalue weighted by Crippen LogP contribution is 2.44. The fraction of sp³-hybridized carbons (Fsp3) is 0.762. The van der Waals surface area contributed by atoms with Crippen LogP contribution in [0.1, 0.15) is 65.7 Å². The summed E-state index contributed by atoms with van der Waals surface area (Å²) in [6.45, 7) is 7.40. The van der Waals surface area contributed by atoms with Crippen molar-refractivity contribution in [3.8, 4) is 0 Å². The summed E-state index contributed by atoms with van der Waals surface area (Å²) in [4.78, 5) is 29.3. The van der Waals surface area contributed by atoms with E-state index in [0.29, 0.717) is 41.8 Å². The van der Waals surface area contributed by atoms with Crippen molar-refractivity contribution in [1.29, 1.82) is 0 Å². The molecule has 0 radical (unpaired) electrons. The fourth-order valence-electron chi connectivity index (χ4n) is 4.74. The number of H-pyrrole nitrogens is 1. The van der Waals surface area contributed by atoms with E-state index in [1.165, 1.54) is 23.8 Å². The van der Waals surface area contributed by atoms with Crippen LogP contribution in [0.3, 0.4) is 0 Å². The van der Waals surface area contributed by atoms with Crippen LogP contribution in [-0.4, -0.2) is 27.3 Å². The molecular weight excluding hydrogens is 386 g/mol. The molecule has 8 heteroatoms. The number of hydrogen-bond donors (Lipinski definition) is 3. The summed E-state index contributed by atoms with van der Waals surface area (Å²) in [6.07, 6.45) is 7.60. The Morgan fingerprint density at radius 1 is 1.34 bits per heavy atom. The van der Waals surface area contributed by atoms with Crippen molar-refractivity contribution < 1.29 is 0 Å². The van der Waals surface area contributed by atoms with Gasteiger partial charge in [0.05, 0.1) is 0 Å². The number of nitrogens with one attached hydrogen (secondary N) is 2. The van der Waals surface area contributed by atoms with E-state index in [9.17, 15) is 9.59 Å². The van der Waals surface area contributed by atoms with Crippen LogP contribution in [0.4, 0.5) is 11.5 Å². The topological polar surface area (TPSA) is 96.2 Å². The van der Waals surface area contributed by atoms with Gasteiger partial charge in [0.1, 0.15) is 5.82 Å². The van der Waals surface area contributed by atoms with Gasteiger partial charge in [0.15, 0.2) is 10.8 Å². The molecule has 3 rings (SSSR count). The van der Waals surface area contributed by atoms with Gasteiger partial charge in [0, 0.05) is 19.1 Å².